The number of hydrogen-bond acceptors (Lipinski definition) is 5. The highest BCUT2D eigenvalue weighted by Crippen LogP contribution is 2.27. The van der Waals surface area contributed by atoms with Crippen LogP contribution in [0.15, 0.2) is 36.4 Å². The Labute approximate surface area is 163 Å². The summed E-state index contributed by atoms with van der Waals surface area (Å²) in [5.41, 5.74) is 2.90. The molecule has 0 N–H and O–H groups in total. The van der Waals surface area contributed by atoms with Gasteiger partial charge in [0.25, 0.3) is 11.8 Å². The smallest absolute Gasteiger partial charge is 0.343 e. The van der Waals surface area contributed by atoms with E-state index in [0.29, 0.717) is 17.9 Å². The molecule has 1 atom stereocenters. The number of nitrogens with zero attached hydrogens (tertiary/aromatic N) is 1. The van der Waals surface area contributed by atoms with Crippen molar-refractivity contribution in [2.45, 2.75) is 32.8 Å². The van der Waals surface area contributed by atoms with Crippen molar-refractivity contribution in [3.8, 4) is 5.75 Å². The highest BCUT2D eigenvalue weighted by atomic mass is 16.5. The van der Waals surface area contributed by atoms with E-state index < -0.39 is 11.9 Å². The number of carbonyl (C=O) groups is 3. The Hall–Kier alpha value is -2.99. The van der Waals surface area contributed by atoms with Gasteiger partial charge in [0.05, 0.1) is 29.3 Å². The van der Waals surface area contributed by atoms with E-state index in [1.165, 1.54) is 23.1 Å². The molecule has 2 heterocycles. The number of fused-ring (bicyclic) bond motifs is 1. The Kier molecular flexibility index (Phi) is 4.73. The van der Waals surface area contributed by atoms with Gasteiger partial charge in [-0.1, -0.05) is 6.07 Å². The zero-order chi connectivity index (χ0) is 19.8. The fourth-order valence-corrected chi connectivity index (χ4v) is 3.52. The van der Waals surface area contributed by atoms with E-state index in [-0.39, 0.29) is 29.7 Å². The van der Waals surface area contributed by atoms with Crippen molar-refractivity contribution < 1.29 is 23.9 Å². The van der Waals surface area contributed by atoms with Gasteiger partial charge in [0.2, 0.25) is 0 Å². The highest BCUT2D eigenvalue weighted by molar-refractivity contribution is 6.22. The molecule has 4 rings (SSSR count). The largest absolute Gasteiger partial charge is 0.423 e. The van der Waals surface area contributed by atoms with Crippen molar-refractivity contribution in [3.05, 3.63) is 64.2 Å². The van der Waals surface area contributed by atoms with Gasteiger partial charge in [-0.15, -0.1) is 0 Å². The Bertz CT molecular complexity index is 975. The maximum absolute atomic E-state index is 12.7. The molecule has 0 radical (unpaired) electrons. The second-order valence-corrected chi connectivity index (χ2v) is 7.25. The van der Waals surface area contributed by atoms with Crippen LogP contribution >= 0.6 is 0 Å². The van der Waals surface area contributed by atoms with Crippen molar-refractivity contribution >= 4 is 17.8 Å². The predicted molar refractivity (Wildman–Crippen MR) is 102 cm³/mol. The molecule has 6 heteroatoms. The fraction of sp³-hybridized carbons (Fsp3) is 0.318. The Morgan fingerprint density at radius 3 is 2.57 bits per heavy atom. The van der Waals surface area contributed by atoms with Gasteiger partial charge in [-0.25, -0.2) is 4.79 Å². The van der Waals surface area contributed by atoms with Gasteiger partial charge in [-0.2, -0.15) is 0 Å². The van der Waals surface area contributed by atoms with Crippen molar-refractivity contribution in [2.75, 3.05) is 13.2 Å². The number of aryl methyl sites for hydroxylation is 2. The van der Waals surface area contributed by atoms with Crippen LogP contribution in [0.1, 0.15) is 55.0 Å². The van der Waals surface area contributed by atoms with Crippen molar-refractivity contribution in [2.24, 2.45) is 0 Å². The Morgan fingerprint density at radius 1 is 1.07 bits per heavy atom. The Morgan fingerprint density at radius 2 is 1.86 bits per heavy atom. The summed E-state index contributed by atoms with van der Waals surface area (Å²) in [6.45, 7) is 4.82. The number of esters is 1. The average Bonchev–Trinajstić information content (AvgIpc) is 3.28. The molecule has 2 aromatic carbocycles. The molecule has 144 valence electrons. The number of carbonyl (C=O) groups excluding carboxylic acids is 3. The lowest BCUT2D eigenvalue weighted by Gasteiger charge is -2.17. The zero-order valence-electron chi connectivity index (χ0n) is 15.9. The highest BCUT2D eigenvalue weighted by Gasteiger charge is 2.38. The Balaban J connectivity index is 1.53. The maximum atomic E-state index is 12.7. The molecule has 6 nitrogen and oxygen atoms in total. The summed E-state index contributed by atoms with van der Waals surface area (Å²) in [5, 5.41) is 0. The summed E-state index contributed by atoms with van der Waals surface area (Å²) in [6, 6.07) is 9.87. The van der Waals surface area contributed by atoms with E-state index in [1.54, 1.807) is 12.1 Å². The molecule has 0 spiro atoms. The third-order valence-corrected chi connectivity index (χ3v) is 5.31. The fourth-order valence-electron chi connectivity index (χ4n) is 3.52. The van der Waals surface area contributed by atoms with Crippen LogP contribution in [0.3, 0.4) is 0 Å². The standard InChI is InChI=1S/C22H21NO5/c1-13-5-7-16(10-14(13)2)28-22(26)15-6-8-18-19(11-15)21(25)23(20(18)24)12-17-4-3-9-27-17/h5-8,10-11,17H,3-4,9,12H2,1-2H3/t17-/m0/s1. The number of hydrogen-bond donors (Lipinski definition) is 0. The van der Waals surface area contributed by atoms with E-state index in [9.17, 15) is 14.4 Å². The van der Waals surface area contributed by atoms with E-state index in [4.69, 9.17) is 9.47 Å². The zero-order valence-corrected chi connectivity index (χ0v) is 15.9. The molecular formula is C22H21NO5. The van der Waals surface area contributed by atoms with E-state index in [1.807, 2.05) is 19.9 Å². The van der Waals surface area contributed by atoms with Crippen LogP contribution < -0.4 is 4.74 Å². The van der Waals surface area contributed by atoms with Crippen LogP contribution in [0.4, 0.5) is 0 Å². The summed E-state index contributed by atoms with van der Waals surface area (Å²) in [5.74, 6) is -0.860. The SMILES string of the molecule is Cc1ccc(OC(=O)c2ccc3c(c2)C(=O)N(C[C@@H]2CCCO2)C3=O)cc1C. The van der Waals surface area contributed by atoms with E-state index >= 15 is 0 Å². The molecule has 28 heavy (non-hydrogen) atoms. The lowest BCUT2D eigenvalue weighted by Crippen LogP contribution is -2.36. The van der Waals surface area contributed by atoms with Gasteiger partial charge in [-0.05, 0) is 68.1 Å². The first-order chi connectivity index (χ1) is 13.4. The first kappa shape index (κ1) is 18.4. The number of imide groups is 1. The number of benzene rings is 2. The van der Waals surface area contributed by atoms with Crippen LogP contribution in [0.25, 0.3) is 0 Å². The minimum absolute atomic E-state index is 0.114. The molecule has 0 aromatic heterocycles. The lowest BCUT2D eigenvalue weighted by atomic mass is 10.1. The van der Waals surface area contributed by atoms with Crippen LogP contribution in [0.5, 0.6) is 5.75 Å². The van der Waals surface area contributed by atoms with E-state index in [0.717, 1.165) is 24.0 Å². The number of amides is 2. The first-order valence-corrected chi connectivity index (χ1v) is 9.35. The predicted octanol–water partition coefficient (Wildman–Crippen LogP) is 3.30. The van der Waals surface area contributed by atoms with Crippen LogP contribution in [0, 0.1) is 13.8 Å². The van der Waals surface area contributed by atoms with E-state index in [2.05, 4.69) is 0 Å². The lowest BCUT2D eigenvalue weighted by molar-refractivity contribution is 0.0475. The first-order valence-electron chi connectivity index (χ1n) is 9.35. The van der Waals surface area contributed by atoms with Crippen molar-refractivity contribution in [1.82, 2.24) is 4.90 Å². The number of rotatable bonds is 4. The molecule has 0 aliphatic carbocycles. The molecule has 0 unspecified atom stereocenters. The molecule has 2 aliphatic rings. The topological polar surface area (TPSA) is 72.9 Å². The van der Waals surface area contributed by atoms with Crippen LogP contribution in [-0.2, 0) is 4.74 Å². The second-order valence-electron chi connectivity index (χ2n) is 7.25. The van der Waals surface area contributed by atoms with Crippen molar-refractivity contribution in [3.63, 3.8) is 0 Å². The van der Waals surface area contributed by atoms with Gasteiger partial charge in [0, 0.05) is 6.61 Å². The molecule has 2 aromatic rings. The third kappa shape index (κ3) is 3.31. The van der Waals surface area contributed by atoms with Gasteiger partial charge in [-0.3, -0.25) is 14.5 Å². The van der Waals surface area contributed by atoms with Gasteiger partial charge in [0.1, 0.15) is 5.75 Å². The third-order valence-electron chi connectivity index (χ3n) is 5.31. The van der Waals surface area contributed by atoms with Crippen LogP contribution in [-0.4, -0.2) is 41.9 Å². The maximum Gasteiger partial charge on any atom is 0.343 e. The van der Waals surface area contributed by atoms with Gasteiger partial charge < -0.3 is 9.47 Å². The van der Waals surface area contributed by atoms with Gasteiger partial charge >= 0.3 is 5.97 Å². The normalized spacial score (nSPS) is 18.5. The molecule has 1 fully saturated rings. The summed E-state index contributed by atoms with van der Waals surface area (Å²) >= 11 is 0. The minimum atomic E-state index is -0.566. The van der Waals surface area contributed by atoms with Crippen molar-refractivity contribution in [1.29, 1.82) is 0 Å². The minimum Gasteiger partial charge on any atom is -0.423 e. The summed E-state index contributed by atoms with van der Waals surface area (Å²) in [4.78, 5) is 39.0. The average molecular weight is 379 g/mol. The quantitative estimate of drug-likeness (QED) is 0.463. The van der Waals surface area contributed by atoms with Crippen LogP contribution in [0.2, 0.25) is 0 Å². The molecule has 2 aliphatic heterocycles. The summed E-state index contributed by atoms with van der Waals surface area (Å²) in [6.07, 6.45) is 1.65. The summed E-state index contributed by atoms with van der Waals surface area (Å²) in [7, 11) is 0. The second kappa shape index (κ2) is 7.20. The molecule has 0 saturated carbocycles. The monoisotopic (exact) mass is 379 g/mol. The number of ether oxygens (including phenoxy) is 2. The van der Waals surface area contributed by atoms with Gasteiger partial charge in [0.15, 0.2) is 0 Å². The summed E-state index contributed by atoms with van der Waals surface area (Å²) < 4.78 is 11.0. The molecule has 2 amide bonds. The molecule has 1 saturated heterocycles. The molecular weight excluding hydrogens is 358 g/mol. The molecule has 0 bridgehead atoms.